The summed E-state index contributed by atoms with van der Waals surface area (Å²) in [5.41, 5.74) is 1.99. The lowest BCUT2D eigenvalue weighted by Crippen LogP contribution is -2.35. The van der Waals surface area contributed by atoms with Gasteiger partial charge in [-0.2, -0.15) is 0 Å². The van der Waals surface area contributed by atoms with Gasteiger partial charge in [-0.1, -0.05) is 47.5 Å². The maximum atomic E-state index is 12.5. The zero-order valence-corrected chi connectivity index (χ0v) is 15.3. The molecule has 2 aromatic carbocycles. The number of nitrogens with one attached hydrogen (secondary N) is 2. The van der Waals surface area contributed by atoms with Crippen LogP contribution in [0.2, 0.25) is 10.0 Å². The van der Waals surface area contributed by atoms with Gasteiger partial charge >= 0.3 is 0 Å². The summed E-state index contributed by atoms with van der Waals surface area (Å²) in [5.74, 6) is 0.0991. The summed E-state index contributed by atoms with van der Waals surface area (Å²) in [7, 11) is 0. The third kappa shape index (κ3) is 4.64. The average molecular weight is 386 g/mol. The maximum Gasteiger partial charge on any atom is 0.225 e. The van der Waals surface area contributed by atoms with Gasteiger partial charge < -0.3 is 10.6 Å². The molecule has 1 aliphatic heterocycles. The molecule has 1 amide bonds. The van der Waals surface area contributed by atoms with Crippen LogP contribution in [0.15, 0.2) is 48.5 Å². The minimum Gasteiger partial charge on any atom is -0.345 e. The first-order valence-corrected chi connectivity index (χ1v) is 8.41. The third-order valence-corrected chi connectivity index (χ3v) is 4.63. The number of hydrogen-bond acceptors (Lipinski definition) is 2. The molecular formula is C18H19Cl3N2O. The van der Waals surface area contributed by atoms with E-state index in [4.69, 9.17) is 23.2 Å². The van der Waals surface area contributed by atoms with Crippen molar-refractivity contribution in [3.63, 3.8) is 0 Å². The molecule has 0 saturated carbocycles. The topological polar surface area (TPSA) is 41.1 Å². The van der Waals surface area contributed by atoms with E-state index in [1.807, 2.05) is 48.5 Å². The Kier molecular flexibility index (Phi) is 6.93. The molecule has 1 fully saturated rings. The number of amides is 1. The molecule has 1 unspecified atom stereocenters. The van der Waals surface area contributed by atoms with Gasteiger partial charge in [0.05, 0.1) is 12.0 Å². The molecule has 1 heterocycles. The Morgan fingerprint density at radius 2 is 1.50 bits per heavy atom. The summed E-state index contributed by atoms with van der Waals surface area (Å²) in [6, 6.07) is 14.9. The summed E-state index contributed by atoms with van der Waals surface area (Å²) in [6.45, 7) is 1.63. The summed E-state index contributed by atoms with van der Waals surface area (Å²) in [6.07, 6.45) is 0.875. The van der Waals surface area contributed by atoms with E-state index < -0.39 is 0 Å². The van der Waals surface area contributed by atoms with Gasteiger partial charge in [0, 0.05) is 16.6 Å². The van der Waals surface area contributed by atoms with Crippen molar-refractivity contribution in [1.29, 1.82) is 0 Å². The number of halogens is 3. The van der Waals surface area contributed by atoms with Crippen LogP contribution in [0.3, 0.4) is 0 Å². The van der Waals surface area contributed by atoms with E-state index in [0.717, 1.165) is 30.6 Å². The van der Waals surface area contributed by atoms with E-state index in [0.29, 0.717) is 10.0 Å². The molecule has 3 nitrogen and oxygen atoms in total. The summed E-state index contributed by atoms with van der Waals surface area (Å²) >= 11 is 12.0. The van der Waals surface area contributed by atoms with Gasteiger partial charge in [0.15, 0.2) is 0 Å². The molecule has 0 spiro atoms. The van der Waals surface area contributed by atoms with Crippen LogP contribution >= 0.6 is 35.6 Å². The van der Waals surface area contributed by atoms with E-state index in [1.165, 1.54) is 0 Å². The first-order valence-electron chi connectivity index (χ1n) is 7.65. The number of hydrogen-bond donors (Lipinski definition) is 2. The Labute approximate surface area is 158 Å². The van der Waals surface area contributed by atoms with E-state index in [9.17, 15) is 4.79 Å². The van der Waals surface area contributed by atoms with Crippen LogP contribution in [-0.4, -0.2) is 19.0 Å². The Bertz CT molecular complexity index is 622. The second kappa shape index (κ2) is 8.72. The summed E-state index contributed by atoms with van der Waals surface area (Å²) in [5, 5.41) is 7.74. The van der Waals surface area contributed by atoms with Crippen molar-refractivity contribution >= 4 is 41.5 Å². The largest absolute Gasteiger partial charge is 0.345 e. The Balaban J connectivity index is 0.00000208. The van der Waals surface area contributed by atoms with Gasteiger partial charge in [-0.05, 0) is 48.4 Å². The van der Waals surface area contributed by atoms with Crippen molar-refractivity contribution in [3.8, 4) is 0 Å². The zero-order valence-electron chi connectivity index (χ0n) is 13.0. The van der Waals surface area contributed by atoms with Gasteiger partial charge in [-0.3, -0.25) is 4.79 Å². The summed E-state index contributed by atoms with van der Waals surface area (Å²) < 4.78 is 0. The van der Waals surface area contributed by atoms with Crippen LogP contribution in [-0.2, 0) is 4.79 Å². The molecule has 3 rings (SSSR count). The Hall–Kier alpha value is -1.26. The highest BCUT2D eigenvalue weighted by atomic mass is 35.5. The molecular weight excluding hydrogens is 367 g/mol. The predicted octanol–water partition coefficient (Wildman–Crippen LogP) is 4.23. The lowest BCUT2D eigenvalue weighted by Gasteiger charge is -2.22. The van der Waals surface area contributed by atoms with Crippen LogP contribution in [0.4, 0.5) is 0 Å². The van der Waals surface area contributed by atoms with Crippen molar-refractivity contribution in [2.75, 3.05) is 13.1 Å². The molecule has 0 radical (unpaired) electrons. The van der Waals surface area contributed by atoms with Crippen molar-refractivity contribution in [2.24, 2.45) is 5.92 Å². The molecule has 6 heteroatoms. The zero-order chi connectivity index (χ0) is 16.2. The minimum atomic E-state index is -0.211. The highest BCUT2D eigenvalue weighted by Crippen LogP contribution is 2.25. The number of benzene rings is 2. The lowest BCUT2D eigenvalue weighted by molar-refractivity contribution is -0.124. The van der Waals surface area contributed by atoms with Gasteiger partial charge in [0.1, 0.15) is 0 Å². The van der Waals surface area contributed by atoms with Gasteiger partial charge in [0.25, 0.3) is 0 Å². The smallest absolute Gasteiger partial charge is 0.225 e. The Morgan fingerprint density at radius 1 is 1.00 bits per heavy atom. The van der Waals surface area contributed by atoms with Crippen LogP contribution in [0.1, 0.15) is 23.6 Å². The molecule has 1 aliphatic rings. The standard InChI is InChI=1S/C18H18Cl2N2O.ClH/c19-15-5-1-12(2-6-15)17(13-3-7-16(20)8-4-13)22-18(23)14-9-10-21-11-14;/h1-8,14,17,21H,9-11H2,(H,22,23);1H. The first kappa shape index (κ1) is 19.1. The van der Waals surface area contributed by atoms with Crippen molar-refractivity contribution in [3.05, 3.63) is 69.7 Å². The number of carbonyl (C=O) groups is 1. The monoisotopic (exact) mass is 384 g/mol. The van der Waals surface area contributed by atoms with E-state index >= 15 is 0 Å². The fraction of sp³-hybridized carbons (Fsp3) is 0.278. The second-order valence-electron chi connectivity index (χ2n) is 5.73. The van der Waals surface area contributed by atoms with Crippen molar-refractivity contribution in [1.82, 2.24) is 10.6 Å². The van der Waals surface area contributed by atoms with Crippen LogP contribution in [0.25, 0.3) is 0 Å². The fourth-order valence-electron chi connectivity index (χ4n) is 2.81. The minimum absolute atomic E-state index is 0. The number of rotatable bonds is 4. The molecule has 1 atom stereocenters. The van der Waals surface area contributed by atoms with E-state index in [1.54, 1.807) is 0 Å². The molecule has 0 aromatic heterocycles. The van der Waals surface area contributed by atoms with Crippen molar-refractivity contribution < 1.29 is 4.79 Å². The van der Waals surface area contributed by atoms with Gasteiger partial charge in [-0.15, -0.1) is 12.4 Å². The molecule has 128 valence electrons. The average Bonchev–Trinajstić information content (AvgIpc) is 3.09. The third-order valence-electron chi connectivity index (χ3n) is 4.12. The molecule has 24 heavy (non-hydrogen) atoms. The highest BCUT2D eigenvalue weighted by molar-refractivity contribution is 6.30. The number of carbonyl (C=O) groups excluding carboxylic acids is 1. The SMILES string of the molecule is Cl.O=C(NC(c1ccc(Cl)cc1)c1ccc(Cl)cc1)C1CCNC1. The molecule has 1 saturated heterocycles. The van der Waals surface area contributed by atoms with E-state index in [-0.39, 0.29) is 30.3 Å². The van der Waals surface area contributed by atoms with Crippen molar-refractivity contribution in [2.45, 2.75) is 12.5 Å². The fourth-order valence-corrected chi connectivity index (χ4v) is 3.06. The quantitative estimate of drug-likeness (QED) is 0.827. The summed E-state index contributed by atoms with van der Waals surface area (Å²) in [4.78, 5) is 12.5. The molecule has 2 N–H and O–H groups in total. The van der Waals surface area contributed by atoms with Gasteiger partial charge in [-0.25, -0.2) is 0 Å². The van der Waals surface area contributed by atoms with Crippen LogP contribution < -0.4 is 10.6 Å². The molecule has 2 aromatic rings. The lowest BCUT2D eigenvalue weighted by atomic mass is 9.97. The highest BCUT2D eigenvalue weighted by Gasteiger charge is 2.25. The first-order chi connectivity index (χ1) is 11.1. The van der Waals surface area contributed by atoms with Gasteiger partial charge in [0.2, 0.25) is 5.91 Å². The maximum absolute atomic E-state index is 12.5. The van der Waals surface area contributed by atoms with Crippen LogP contribution in [0, 0.1) is 5.92 Å². The predicted molar refractivity (Wildman–Crippen MR) is 101 cm³/mol. The van der Waals surface area contributed by atoms with Crippen LogP contribution in [0.5, 0.6) is 0 Å². The second-order valence-corrected chi connectivity index (χ2v) is 6.61. The molecule has 0 aliphatic carbocycles. The van der Waals surface area contributed by atoms with E-state index in [2.05, 4.69) is 10.6 Å². The molecule has 0 bridgehead atoms. The normalized spacial score (nSPS) is 16.7. The Morgan fingerprint density at radius 3 is 1.92 bits per heavy atom.